The maximum Gasteiger partial charge on any atom is 0.141 e. The molecule has 2 aromatic heterocycles. The smallest absolute Gasteiger partial charge is 0.141 e. The third-order valence-corrected chi connectivity index (χ3v) is 4.62. The van der Waals surface area contributed by atoms with Crippen molar-refractivity contribution in [3.63, 3.8) is 0 Å². The van der Waals surface area contributed by atoms with E-state index in [-0.39, 0.29) is 5.82 Å². The molecule has 3 heterocycles. The molecule has 5 heteroatoms. The highest BCUT2D eigenvalue weighted by atomic mass is 19.1. The van der Waals surface area contributed by atoms with Crippen LogP contribution in [-0.2, 0) is 0 Å². The molecule has 26 heavy (non-hydrogen) atoms. The summed E-state index contributed by atoms with van der Waals surface area (Å²) in [6.07, 6.45) is 1.80. The Morgan fingerprint density at radius 2 is 1.85 bits per heavy atom. The van der Waals surface area contributed by atoms with Crippen LogP contribution < -0.4 is 10.1 Å². The van der Waals surface area contributed by atoms with Crippen LogP contribution in [0.5, 0.6) is 5.75 Å². The van der Waals surface area contributed by atoms with Crippen LogP contribution in [0.3, 0.4) is 0 Å². The zero-order valence-corrected chi connectivity index (χ0v) is 14.0. The van der Waals surface area contributed by atoms with Gasteiger partial charge in [0.05, 0.1) is 29.6 Å². The third-order valence-electron chi connectivity index (χ3n) is 4.62. The molecule has 5 rings (SSSR count). The molecule has 0 amide bonds. The number of methoxy groups -OCH3 is 1. The molecule has 0 radical (unpaired) electrons. The number of hydrogen-bond acceptors (Lipinski definition) is 4. The number of anilines is 2. The number of ether oxygens (including phenoxy) is 1. The monoisotopic (exact) mass is 343 g/mol. The minimum Gasteiger partial charge on any atom is -0.497 e. The van der Waals surface area contributed by atoms with E-state index in [4.69, 9.17) is 9.72 Å². The van der Waals surface area contributed by atoms with Gasteiger partial charge in [0.2, 0.25) is 0 Å². The van der Waals surface area contributed by atoms with Crippen LogP contribution in [0, 0.1) is 5.82 Å². The zero-order chi connectivity index (χ0) is 17.7. The van der Waals surface area contributed by atoms with Crippen LogP contribution in [0.1, 0.15) is 0 Å². The Bertz CT molecular complexity index is 1160. The van der Waals surface area contributed by atoms with E-state index in [1.54, 1.807) is 25.4 Å². The average Bonchev–Trinajstić information content (AvgIpc) is 2.68. The van der Waals surface area contributed by atoms with Gasteiger partial charge in [-0.25, -0.2) is 9.37 Å². The van der Waals surface area contributed by atoms with Crippen LogP contribution in [0.25, 0.3) is 33.3 Å². The molecule has 0 saturated heterocycles. The fraction of sp³-hybridized carbons (Fsp3) is 0.0476. The molecule has 1 N–H and O–H groups in total. The van der Waals surface area contributed by atoms with E-state index in [9.17, 15) is 4.39 Å². The number of hydrogen-bond donors (Lipinski definition) is 1. The Hall–Kier alpha value is -3.47. The summed E-state index contributed by atoms with van der Waals surface area (Å²) >= 11 is 0. The van der Waals surface area contributed by atoms with Crippen molar-refractivity contribution in [1.82, 2.24) is 9.97 Å². The van der Waals surface area contributed by atoms with Crippen molar-refractivity contribution >= 4 is 22.3 Å². The maximum absolute atomic E-state index is 13.2. The van der Waals surface area contributed by atoms with Gasteiger partial charge in [0.1, 0.15) is 17.4 Å². The first-order valence-corrected chi connectivity index (χ1v) is 8.24. The van der Waals surface area contributed by atoms with Gasteiger partial charge in [-0.2, -0.15) is 0 Å². The van der Waals surface area contributed by atoms with E-state index >= 15 is 0 Å². The minimum absolute atomic E-state index is 0.262. The highest BCUT2D eigenvalue weighted by Crippen LogP contribution is 2.43. The van der Waals surface area contributed by atoms with Gasteiger partial charge in [-0.15, -0.1) is 0 Å². The van der Waals surface area contributed by atoms with Gasteiger partial charge in [-0.1, -0.05) is 0 Å². The van der Waals surface area contributed by atoms with E-state index in [1.165, 1.54) is 12.1 Å². The van der Waals surface area contributed by atoms with Gasteiger partial charge in [0.15, 0.2) is 0 Å². The second-order valence-electron chi connectivity index (χ2n) is 6.16. The van der Waals surface area contributed by atoms with Crippen LogP contribution in [0.15, 0.2) is 60.8 Å². The van der Waals surface area contributed by atoms with Crippen molar-refractivity contribution in [1.29, 1.82) is 0 Å². The summed E-state index contributed by atoms with van der Waals surface area (Å²) in [5.74, 6) is 1.24. The first-order valence-electron chi connectivity index (χ1n) is 8.24. The fourth-order valence-corrected chi connectivity index (χ4v) is 3.35. The molecular weight excluding hydrogens is 329 g/mol. The van der Waals surface area contributed by atoms with Crippen molar-refractivity contribution in [2.45, 2.75) is 0 Å². The van der Waals surface area contributed by atoms with E-state index in [0.717, 1.165) is 50.5 Å². The summed E-state index contributed by atoms with van der Waals surface area (Å²) in [6.45, 7) is 0. The Morgan fingerprint density at radius 3 is 2.65 bits per heavy atom. The molecule has 126 valence electrons. The summed E-state index contributed by atoms with van der Waals surface area (Å²) in [6, 6.07) is 16.2. The highest BCUT2D eigenvalue weighted by molar-refractivity contribution is 6.09. The maximum atomic E-state index is 13.2. The summed E-state index contributed by atoms with van der Waals surface area (Å²) in [4.78, 5) is 9.35. The van der Waals surface area contributed by atoms with Crippen LogP contribution >= 0.6 is 0 Å². The second kappa shape index (κ2) is 5.52. The number of nitrogens with one attached hydrogen (secondary N) is 1. The lowest BCUT2D eigenvalue weighted by Gasteiger charge is -2.22. The Labute approximate surface area is 149 Å². The van der Waals surface area contributed by atoms with Gasteiger partial charge >= 0.3 is 0 Å². The molecule has 2 aromatic carbocycles. The summed E-state index contributed by atoms with van der Waals surface area (Å²) in [7, 11) is 1.64. The van der Waals surface area contributed by atoms with E-state index in [2.05, 4.69) is 10.3 Å². The SMILES string of the molecule is COc1ccc2c(c1)Nc1nc(-c3ccc(F)cc3)cc3ccnc-2c13. The van der Waals surface area contributed by atoms with Crippen molar-refractivity contribution in [2.75, 3.05) is 12.4 Å². The number of benzene rings is 2. The van der Waals surface area contributed by atoms with Gasteiger partial charge in [0, 0.05) is 23.4 Å². The number of aromatic nitrogens is 2. The summed E-state index contributed by atoms with van der Waals surface area (Å²) in [5, 5.41) is 5.41. The zero-order valence-electron chi connectivity index (χ0n) is 14.0. The number of halogens is 1. The van der Waals surface area contributed by atoms with Crippen LogP contribution in [-0.4, -0.2) is 17.1 Å². The van der Waals surface area contributed by atoms with Gasteiger partial charge < -0.3 is 10.1 Å². The third kappa shape index (κ3) is 2.21. The minimum atomic E-state index is -0.262. The first-order chi connectivity index (χ1) is 12.7. The van der Waals surface area contributed by atoms with Crippen molar-refractivity contribution < 1.29 is 9.13 Å². The fourth-order valence-electron chi connectivity index (χ4n) is 3.35. The molecule has 0 bridgehead atoms. The van der Waals surface area contributed by atoms with Crippen LogP contribution in [0.4, 0.5) is 15.9 Å². The predicted molar refractivity (Wildman–Crippen MR) is 100 cm³/mol. The molecule has 1 aliphatic rings. The Kier molecular flexibility index (Phi) is 3.15. The van der Waals surface area contributed by atoms with Crippen LogP contribution in [0.2, 0.25) is 0 Å². The standard InChI is InChI=1S/C21H14FN3O/c1-26-15-6-7-16-18(11-15)25-21-19-13(8-9-23-20(16)19)10-17(24-21)12-2-4-14(22)5-3-12/h2-11H,1H3,(H,24,25). The number of fused-ring (bicyclic) bond motifs is 2. The normalized spacial score (nSPS) is 11.8. The molecule has 0 unspecified atom stereocenters. The van der Waals surface area contributed by atoms with E-state index < -0.39 is 0 Å². The second-order valence-corrected chi connectivity index (χ2v) is 6.16. The molecule has 1 aliphatic heterocycles. The predicted octanol–water partition coefficient (Wildman–Crippen LogP) is 5.17. The first kappa shape index (κ1) is 14.8. The molecule has 0 fully saturated rings. The largest absolute Gasteiger partial charge is 0.497 e. The molecule has 0 spiro atoms. The molecular formula is C21H14FN3O. The van der Waals surface area contributed by atoms with Crippen molar-refractivity contribution in [3.05, 3.63) is 66.6 Å². The Morgan fingerprint density at radius 1 is 1.00 bits per heavy atom. The van der Waals surface area contributed by atoms with Crippen molar-refractivity contribution in [3.8, 4) is 28.3 Å². The average molecular weight is 343 g/mol. The quantitative estimate of drug-likeness (QED) is 0.480. The molecule has 4 nitrogen and oxygen atoms in total. The Balaban J connectivity index is 1.75. The lowest BCUT2D eigenvalue weighted by Crippen LogP contribution is -2.05. The topological polar surface area (TPSA) is 47.0 Å². The molecule has 0 aliphatic carbocycles. The number of rotatable bonds is 2. The molecule has 0 atom stereocenters. The lowest BCUT2D eigenvalue weighted by atomic mass is 9.98. The lowest BCUT2D eigenvalue weighted by molar-refractivity contribution is 0.415. The number of nitrogens with zero attached hydrogens (tertiary/aromatic N) is 2. The van der Waals surface area contributed by atoms with Gasteiger partial charge in [-0.3, -0.25) is 4.98 Å². The van der Waals surface area contributed by atoms with Gasteiger partial charge in [-0.05, 0) is 53.9 Å². The van der Waals surface area contributed by atoms with Gasteiger partial charge in [0.25, 0.3) is 0 Å². The van der Waals surface area contributed by atoms with E-state index in [0.29, 0.717) is 0 Å². The highest BCUT2D eigenvalue weighted by Gasteiger charge is 2.21. The van der Waals surface area contributed by atoms with E-state index in [1.807, 2.05) is 30.3 Å². The molecule has 4 aromatic rings. The summed E-state index contributed by atoms with van der Waals surface area (Å²) in [5.41, 5.74) is 4.46. The number of pyridine rings is 2. The summed E-state index contributed by atoms with van der Waals surface area (Å²) < 4.78 is 18.6. The van der Waals surface area contributed by atoms with Crippen molar-refractivity contribution in [2.24, 2.45) is 0 Å². The molecule has 0 saturated carbocycles.